The van der Waals surface area contributed by atoms with Crippen molar-refractivity contribution in [1.29, 1.82) is 5.26 Å². The molecule has 1 amide bonds. The lowest BCUT2D eigenvalue weighted by molar-refractivity contribution is 0.0958. The maximum absolute atomic E-state index is 12.0. The predicted octanol–water partition coefficient (Wildman–Crippen LogP) is 4.47. The molecule has 0 radical (unpaired) electrons. The quantitative estimate of drug-likeness (QED) is 0.391. The summed E-state index contributed by atoms with van der Waals surface area (Å²) < 4.78 is 0. The second-order valence-electron chi connectivity index (χ2n) is 8.13. The first-order valence-corrected chi connectivity index (χ1v) is 12.1. The molecule has 4 aromatic rings. The zero-order chi connectivity index (χ0) is 24.2. The van der Waals surface area contributed by atoms with Crippen molar-refractivity contribution in [3.05, 3.63) is 81.9 Å². The maximum atomic E-state index is 12.0. The first kappa shape index (κ1) is 22.5. The van der Waals surface area contributed by atoms with Crippen LogP contribution in [0, 0.1) is 18.3 Å². The predicted molar refractivity (Wildman–Crippen MR) is 137 cm³/mol. The van der Waals surface area contributed by atoms with Gasteiger partial charge in [0.15, 0.2) is 0 Å². The van der Waals surface area contributed by atoms with Crippen LogP contribution in [0.3, 0.4) is 0 Å². The summed E-state index contributed by atoms with van der Waals surface area (Å²) in [5.74, 6) is 0.215. The van der Waals surface area contributed by atoms with Crippen LogP contribution in [0.25, 0.3) is 11.3 Å². The van der Waals surface area contributed by atoms with Crippen LogP contribution in [0.15, 0.2) is 60.8 Å². The largest absolute Gasteiger partial charge is 0.366 e. The topological polar surface area (TPSA) is 107 Å². The fourth-order valence-corrected chi connectivity index (χ4v) is 5.02. The van der Waals surface area contributed by atoms with Gasteiger partial charge in [-0.1, -0.05) is 12.1 Å². The Morgan fingerprint density at radius 1 is 1.11 bits per heavy atom. The number of aryl methyl sites for hydroxylation is 1. The van der Waals surface area contributed by atoms with E-state index in [1.807, 2.05) is 36.4 Å². The van der Waals surface area contributed by atoms with Crippen molar-refractivity contribution < 1.29 is 4.79 Å². The van der Waals surface area contributed by atoms with Gasteiger partial charge in [-0.05, 0) is 49.4 Å². The van der Waals surface area contributed by atoms with Crippen molar-refractivity contribution in [2.75, 3.05) is 23.3 Å². The van der Waals surface area contributed by atoms with E-state index >= 15 is 0 Å². The number of hydrogen-bond donors (Lipinski definition) is 2. The number of thiazole rings is 1. The fourth-order valence-electron chi connectivity index (χ4n) is 4.02. The van der Waals surface area contributed by atoms with Gasteiger partial charge in [-0.25, -0.2) is 15.0 Å². The molecule has 0 spiro atoms. The number of aromatic nitrogens is 3. The molecule has 1 aliphatic heterocycles. The summed E-state index contributed by atoms with van der Waals surface area (Å²) in [4.78, 5) is 29.3. The molecule has 5 rings (SSSR count). The molecule has 3 heterocycles. The number of benzene rings is 2. The van der Waals surface area contributed by atoms with Gasteiger partial charge in [0.05, 0.1) is 29.0 Å². The van der Waals surface area contributed by atoms with E-state index in [-0.39, 0.29) is 12.5 Å². The van der Waals surface area contributed by atoms with Crippen molar-refractivity contribution >= 4 is 34.6 Å². The molecular formula is C26H23N7OS. The van der Waals surface area contributed by atoms with E-state index in [1.54, 1.807) is 29.7 Å². The summed E-state index contributed by atoms with van der Waals surface area (Å²) in [5.41, 5.74) is 5.43. The van der Waals surface area contributed by atoms with Crippen LogP contribution in [-0.2, 0) is 13.0 Å². The van der Waals surface area contributed by atoms with Crippen LogP contribution in [-0.4, -0.2) is 33.9 Å². The summed E-state index contributed by atoms with van der Waals surface area (Å²) in [6, 6.07) is 19.1. The Morgan fingerprint density at radius 2 is 1.91 bits per heavy atom. The molecule has 9 heteroatoms. The molecule has 8 nitrogen and oxygen atoms in total. The molecule has 0 saturated heterocycles. The van der Waals surface area contributed by atoms with Crippen molar-refractivity contribution in [3.8, 4) is 17.3 Å². The number of hydrogen-bond acceptors (Lipinski definition) is 8. The Kier molecular flexibility index (Phi) is 6.37. The minimum atomic E-state index is -0.279. The zero-order valence-corrected chi connectivity index (χ0v) is 20.0. The summed E-state index contributed by atoms with van der Waals surface area (Å²) in [5, 5.41) is 15.5. The Labute approximate surface area is 207 Å². The summed E-state index contributed by atoms with van der Waals surface area (Å²) in [6.07, 6.45) is 2.68. The first-order valence-electron chi connectivity index (χ1n) is 11.2. The first-order chi connectivity index (χ1) is 17.1. The standard InChI is InChI=1S/C26H23N7OS/c1-17-30-23-11-15-33(16-24(23)35-17)21-8-6-20(7-9-21)31-26-29-13-10-22(32-26)18-2-4-19(5-3-18)25(34)28-14-12-27/h2-10,13H,11,14-16H2,1H3,(H,28,34)(H,29,31,32). The van der Waals surface area contributed by atoms with E-state index in [9.17, 15) is 4.79 Å². The van der Waals surface area contributed by atoms with E-state index in [4.69, 9.17) is 5.26 Å². The molecule has 2 N–H and O–H groups in total. The number of carbonyl (C=O) groups is 1. The highest BCUT2D eigenvalue weighted by molar-refractivity contribution is 7.11. The molecule has 2 aromatic heterocycles. The van der Waals surface area contributed by atoms with E-state index in [0.717, 1.165) is 41.5 Å². The van der Waals surface area contributed by atoms with Crippen molar-refractivity contribution in [2.45, 2.75) is 19.9 Å². The molecule has 0 fully saturated rings. The van der Waals surface area contributed by atoms with Gasteiger partial charge in [0, 0.05) is 46.5 Å². The third-order valence-electron chi connectivity index (χ3n) is 5.75. The normalized spacial score (nSPS) is 12.5. The second kappa shape index (κ2) is 9.91. The van der Waals surface area contributed by atoms with Crippen LogP contribution in [0.4, 0.5) is 17.3 Å². The molecule has 0 bridgehead atoms. The second-order valence-corrected chi connectivity index (χ2v) is 9.42. The van der Waals surface area contributed by atoms with Gasteiger partial charge in [-0.2, -0.15) is 5.26 Å². The van der Waals surface area contributed by atoms with E-state index in [2.05, 4.69) is 49.5 Å². The number of nitrogens with zero attached hydrogens (tertiary/aromatic N) is 5. The Bertz CT molecular complexity index is 1390. The van der Waals surface area contributed by atoms with Crippen molar-refractivity contribution in [1.82, 2.24) is 20.3 Å². The lowest BCUT2D eigenvalue weighted by atomic mass is 10.1. The zero-order valence-electron chi connectivity index (χ0n) is 19.2. The maximum Gasteiger partial charge on any atom is 0.252 e. The van der Waals surface area contributed by atoms with E-state index in [1.165, 1.54) is 16.3 Å². The third-order valence-corrected chi connectivity index (χ3v) is 6.75. The monoisotopic (exact) mass is 481 g/mol. The molecule has 2 aromatic carbocycles. The molecule has 0 unspecified atom stereocenters. The molecule has 0 atom stereocenters. The fraction of sp³-hybridized carbons (Fsp3) is 0.192. The molecule has 174 valence electrons. The Balaban J connectivity index is 1.25. The van der Waals surface area contributed by atoms with Gasteiger partial charge in [0.1, 0.15) is 6.54 Å². The lowest BCUT2D eigenvalue weighted by Gasteiger charge is -2.28. The van der Waals surface area contributed by atoms with Crippen LogP contribution in [0.5, 0.6) is 0 Å². The van der Waals surface area contributed by atoms with Gasteiger partial charge in [-0.15, -0.1) is 11.3 Å². The number of rotatable bonds is 6. The Hall–Kier alpha value is -4.29. The molecular weight excluding hydrogens is 458 g/mol. The Morgan fingerprint density at radius 3 is 2.69 bits per heavy atom. The average molecular weight is 482 g/mol. The highest BCUT2D eigenvalue weighted by Crippen LogP contribution is 2.29. The van der Waals surface area contributed by atoms with Crippen molar-refractivity contribution in [3.63, 3.8) is 0 Å². The van der Waals surface area contributed by atoms with Gasteiger partial charge in [-0.3, -0.25) is 4.79 Å². The van der Waals surface area contributed by atoms with Gasteiger partial charge < -0.3 is 15.5 Å². The van der Waals surface area contributed by atoms with E-state index < -0.39 is 0 Å². The van der Waals surface area contributed by atoms with Gasteiger partial charge in [0.2, 0.25) is 5.95 Å². The number of fused-ring (bicyclic) bond motifs is 1. The summed E-state index contributed by atoms with van der Waals surface area (Å²) in [7, 11) is 0. The smallest absolute Gasteiger partial charge is 0.252 e. The van der Waals surface area contributed by atoms with Crippen LogP contribution in [0.1, 0.15) is 25.9 Å². The minimum Gasteiger partial charge on any atom is -0.366 e. The van der Waals surface area contributed by atoms with Crippen LogP contribution in [0.2, 0.25) is 0 Å². The SMILES string of the molecule is Cc1nc2c(s1)CN(c1ccc(Nc3nccc(-c4ccc(C(=O)NCC#N)cc4)n3)cc1)CC2. The minimum absolute atomic E-state index is 0.0206. The third kappa shape index (κ3) is 5.13. The highest BCUT2D eigenvalue weighted by atomic mass is 32.1. The number of anilines is 3. The highest BCUT2D eigenvalue weighted by Gasteiger charge is 2.20. The number of carbonyl (C=O) groups excluding carboxylic acids is 1. The molecule has 0 aliphatic carbocycles. The molecule has 1 aliphatic rings. The summed E-state index contributed by atoms with van der Waals surface area (Å²) >= 11 is 1.79. The number of nitriles is 1. The van der Waals surface area contributed by atoms with Gasteiger partial charge >= 0.3 is 0 Å². The molecule has 0 saturated carbocycles. The van der Waals surface area contributed by atoms with Crippen LogP contribution >= 0.6 is 11.3 Å². The van der Waals surface area contributed by atoms with Gasteiger partial charge in [0.25, 0.3) is 5.91 Å². The number of nitrogens with one attached hydrogen (secondary N) is 2. The number of amides is 1. The average Bonchev–Trinajstić information content (AvgIpc) is 3.27. The van der Waals surface area contributed by atoms with Crippen molar-refractivity contribution in [2.24, 2.45) is 0 Å². The lowest BCUT2D eigenvalue weighted by Crippen LogP contribution is -2.29. The van der Waals surface area contributed by atoms with Crippen LogP contribution < -0.4 is 15.5 Å². The molecule has 35 heavy (non-hydrogen) atoms. The summed E-state index contributed by atoms with van der Waals surface area (Å²) in [6.45, 7) is 3.91. The van der Waals surface area contributed by atoms with E-state index in [0.29, 0.717) is 11.5 Å².